The fourth-order valence-corrected chi connectivity index (χ4v) is 2.90. The molecule has 0 atom stereocenters. The maximum Gasteiger partial charge on any atom is 0.335 e. The van der Waals surface area contributed by atoms with Gasteiger partial charge in [0.2, 0.25) is 0 Å². The first-order valence-corrected chi connectivity index (χ1v) is 7.44. The predicted molar refractivity (Wildman–Crippen MR) is 85.7 cm³/mol. The highest BCUT2D eigenvalue weighted by atomic mass is 32.1. The van der Waals surface area contributed by atoms with E-state index >= 15 is 0 Å². The number of carbonyl (C=O) groups is 1. The second-order valence-corrected chi connectivity index (χ2v) is 6.02. The molecule has 0 aliphatic carbocycles. The molecule has 5 heteroatoms. The lowest BCUT2D eigenvalue weighted by atomic mass is 10.1. The van der Waals surface area contributed by atoms with Gasteiger partial charge in [0.15, 0.2) is 0 Å². The Morgan fingerprint density at radius 2 is 2.24 bits per heavy atom. The first-order valence-electron chi connectivity index (χ1n) is 6.57. The number of carboxylic acid groups (broad SMARTS) is 1. The van der Waals surface area contributed by atoms with Crippen LogP contribution in [-0.4, -0.2) is 34.6 Å². The van der Waals surface area contributed by atoms with Gasteiger partial charge in [0, 0.05) is 24.0 Å². The van der Waals surface area contributed by atoms with Crippen molar-refractivity contribution in [3.8, 4) is 10.6 Å². The van der Waals surface area contributed by atoms with Crippen LogP contribution in [0.4, 0.5) is 0 Å². The largest absolute Gasteiger partial charge is 0.478 e. The molecular weight excluding hydrogens is 284 g/mol. The van der Waals surface area contributed by atoms with E-state index in [9.17, 15) is 4.79 Å². The van der Waals surface area contributed by atoms with Gasteiger partial charge < -0.3 is 5.11 Å². The number of carboxylic acids is 1. The van der Waals surface area contributed by atoms with E-state index in [1.165, 1.54) is 11.3 Å². The van der Waals surface area contributed by atoms with E-state index in [-0.39, 0.29) is 5.56 Å². The van der Waals surface area contributed by atoms with Crippen LogP contribution in [0.5, 0.6) is 0 Å². The van der Waals surface area contributed by atoms with E-state index in [1.807, 2.05) is 25.4 Å². The maximum atomic E-state index is 11.0. The number of benzene rings is 1. The van der Waals surface area contributed by atoms with Crippen molar-refractivity contribution >= 4 is 17.3 Å². The number of thiazole rings is 1. The number of likely N-dealkylation sites (N-methyl/N-ethyl adjacent to an activating group) is 1. The van der Waals surface area contributed by atoms with Crippen LogP contribution >= 0.6 is 11.3 Å². The van der Waals surface area contributed by atoms with Crippen LogP contribution in [0.15, 0.2) is 41.8 Å². The molecule has 0 bridgehead atoms. The van der Waals surface area contributed by atoms with Crippen molar-refractivity contribution < 1.29 is 9.90 Å². The van der Waals surface area contributed by atoms with E-state index in [1.54, 1.807) is 18.2 Å². The van der Waals surface area contributed by atoms with Crippen molar-refractivity contribution in [2.75, 3.05) is 13.6 Å². The van der Waals surface area contributed by atoms with Crippen molar-refractivity contribution in [3.63, 3.8) is 0 Å². The van der Waals surface area contributed by atoms with E-state index in [0.29, 0.717) is 0 Å². The fraction of sp³-hybridized carbons (Fsp3) is 0.250. The molecular formula is C16H18N2O2S. The molecule has 110 valence electrons. The third-order valence-corrected chi connectivity index (χ3v) is 3.82. The van der Waals surface area contributed by atoms with E-state index in [4.69, 9.17) is 5.11 Å². The van der Waals surface area contributed by atoms with Crippen molar-refractivity contribution in [2.45, 2.75) is 13.5 Å². The Morgan fingerprint density at radius 1 is 1.48 bits per heavy atom. The summed E-state index contributed by atoms with van der Waals surface area (Å²) in [5.41, 5.74) is 3.22. The van der Waals surface area contributed by atoms with Crippen LogP contribution in [0.1, 0.15) is 23.0 Å². The molecule has 2 aromatic rings. The van der Waals surface area contributed by atoms with Crippen molar-refractivity contribution in [1.29, 1.82) is 0 Å². The summed E-state index contributed by atoms with van der Waals surface area (Å²) in [4.78, 5) is 17.7. The van der Waals surface area contributed by atoms with Gasteiger partial charge in [0.25, 0.3) is 0 Å². The second-order valence-electron chi connectivity index (χ2n) is 5.16. The zero-order chi connectivity index (χ0) is 15.4. The molecule has 21 heavy (non-hydrogen) atoms. The summed E-state index contributed by atoms with van der Waals surface area (Å²) >= 11 is 1.53. The first-order chi connectivity index (χ1) is 9.95. The Hall–Kier alpha value is -1.98. The van der Waals surface area contributed by atoms with Crippen LogP contribution in [0.3, 0.4) is 0 Å². The summed E-state index contributed by atoms with van der Waals surface area (Å²) in [6.07, 6.45) is 0. The van der Waals surface area contributed by atoms with Gasteiger partial charge in [0.1, 0.15) is 5.01 Å². The third-order valence-electron chi connectivity index (χ3n) is 2.88. The van der Waals surface area contributed by atoms with Crippen LogP contribution in [-0.2, 0) is 6.54 Å². The molecule has 0 saturated heterocycles. The SMILES string of the molecule is C=C(C)CN(C)Cc1csc(-c2cccc(C(=O)O)c2)n1. The highest BCUT2D eigenvalue weighted by Gasteiger charge is 2.09. The fourth-order valence-electron chi connectivity index (χ4n) is 2.09. The minimum atomic E-state index is -0.921. The lowest BCUT2D eigenvalue weighted by Crippen LogP contribution is -2.19. The van der Waals surface area contributed by atoms with Gasteiger partial charge in [-0.25, -0.2) is 9.78 Å². The zero-order valence-corrected chi connectivity index (χ0v) is 13.0. The smallest absolute Gasteiger partial charge is 0.335 e. The van der Waals surface area contributed by atoms with Gasteiger partial charge >= 0.3 is 5.97 Å². The minimum Gasteiger partial charge on any atom is -0.478 e. The first kappa shape index (κ1) is 15.4. The van der Waals surface area contributed by atoms with Gasteiger partial charge in [0.05, 0.1) is 11.3 Å². The van der Waals surface area contributed by atoms with Crippen LogP contribution < -0.4 is 0 Å². The highest BCUT2D eigenvalue weighted by Crippen LogP contribution is 2.25. The summed E-state index contributed by atoms with van der Waals surface area (Å²) in [7, 11) is 2.03. The van der Waals surface area contributed by atoms with E-state index in [0.717, 1.165) is 34.9 Å². The Bertz CT molecular complexity index is 664. The van der Waals surface area contributed by atoms with Gasteiger partial charge in [-0.2, -0.15) is 0 Å². The molecule has 0 spiro atoms. The van der Waals surface area contributed by atoms with Crippen molar-refractivity contribution in [2.24, 2.45) is 0 Å². The maximum absolute atomic E-state index is 11.0. The summed E-state index contributed by atoms with van der Waals surface area (Å²) in [6, 6.07) is 6.86. The van der Waals surface area contributed by atoms with Gasteiger partial charge in [-0.3, -0.25) is 4.90 Å². The number of hydrogen-bond acceptors (Lipinski definition) is 4. The topological polar surface area (TPSA) is 53.4 Å². The zero-order valence-electron chi connectivity index (χ0n) is 12.2. The molecule has 1 aromatic carbocycles. The number of hydrogen-bond donors (Lipinski definition) is 1. The number of nitrogens with zero attached hydrogens (tertiary/aromatic N) is 2. The van der Waals surface area contributed by atoms with Crippen LogP contribution in [0, 0.1) is 0 Å². The average molecular weight is 302 g/mol. The summed E-state index contributed by atoms with van der Waals surface area (Å²) in [5.74, 6) is -0.921. The molecule has 0 radical (unpaired) electrons. The Morgan fingerprint density at radius 3 is 2.90 bits per heavy atom. The molecule has 1 aromatic heterocycles. The normalized spacial score (nSPS) is 10.8. The molecule has 0 unspecified atom stereocenters. The van der Waals surface area contributed by atoms with Crippen molar-refractivity contribution in [1.82, 2.24) is 9.88 Å². The summed E-state index contributed by atoms with van der Waals surface area (Å²) < 4.78 is 0. The Kier molecular flexibility index (Phi) is 4.88. The minimum absolute atomic E-state index is 0.281. The molecule has 0 aliphatic heterocycles. The number of rotatable bonds is 6. The standard InChI is InChI=1S/C16H18N2O2S/c1-11(2)8-18(3)9-14-10-21-15(17-14)12-5-4-6-13(7-12)16(19)20/h4-7,10H,1,8-9H2,2-3H3,(H,19,20). The lowest BCUT2D eigenvalue weighted by Gasteiger charge is -2.14. The summed E-state index contributed by atoms with van der Waals surface area (Å²) in [6.45, 7) is 7.49. The van der Waals surface area contributed by atoms with Gasteiger partial charge in [-0.15, -0.1) is 11.3 Å². The highest BCUT2D eigenvalue weighted by molar-refractivity contribution is 7.13. The average Bonchev–Trinajstić information content (AvgIpc) is 2.86. The second kappa shape index (κ2) is 6.65. The van der Waals surface area contributed by atoms with E-state index in [2.05, 4.69) is 16.5 Å². The van der Waals surface area contributed by atoms with Gasteiger partial charge in [-0.05, 0) is 26.1 Å². The molecule has 0 amide bonds. The molecule has 2 rings (SSSR count). The molecule has 0 fully saturated rings. The van der Waals surface area contributed by atoms with Gasteiger partial charge in [-0.1, -0.05) is 24.3 Å². The van der Waals surface area contributed by atoms with Crippen LogP contribution in [0.2, 0.25) is 0 Å². The summed E-state index contributed by atoms with van der Waals surface area (Å²) in [5, 5.41) is 11.9. The van der Waals surface area contributed by atoms with E-state index < -0.39 is 5.97 Å². The molecule has 1 heterocycles. The molecule has 1 N–H and O–H groups in total. The third kappa shape index (κ3) is 4.24. The molecule has 4 nitrogen and oxygen atoms in total. The number of aromatic carboxylic acids is 1. The monoisotopic (exact) mass is 302 g/mol. The Labute approximate surface area is 128 Å². The quantitative estimate of drug-likeness (QED) is 0.830. The number of aromatic nitrogens is 1. The Balaban J connectivity index is 2.14. The van der Waals surface area contributed by atoms with Crippen molar-refractivity contribution in [3.05, 3.63) is 53.1 Å². The molecule has 0 aliphatic rings. The predicted octanol–water partition coefficient (Wildman–Crippen LogP) is 3.52. The molecule has 0 saturated carbocycles. The van der Waals surface area contributed by atoms with Crippen LogP contribution in [0.25, 0.3) is 10.6 Å². The lowest BCUT2D eigenvalue weighted by molar-refractivity contribution is 0.0697.